The van der Waals surface area contributed by atoms with Crippen molar-refractivity contribution >= 4 is 40.2 Å². The number of halogens is 1. The summed E-state index contributed by atoms with van der Waals surface area (Å²) in [4.78, 5) is 27.8. The molecular formula is C21H22IN2O4-. The highest BCUT2D eigenvalue weighted by Crippen LogP contribution is 2.25. The highest BCUT2D eigenvalue weighted by molar-refractivity contribution is 14.1. The molecule has 0 atom stereocenters. The van der Waals surface area contributed by atoms with E-state index >= 15 is 0 Å². The molecule has 0 saturated carbocycles. The number of amides is 1. The summed E-state index contributed by atoms with van der Waals surface area (Å²) in [7, 11) is 0. The predicted molar refractivity (Wildman–Crippen MR) is 113 cm³/mol. The smallest absolute Gasteiger partial charge is 0.253 e. The van der Waals surface area contributed by atoms with Crippen LogP contribution in [-0.2, 0) is 4.79 Å². The molecule has 0 aromatic heterocycles. The highest BCUT2D eigenvalue weighted by atomic mass is 127. The SMILES string of the molecule is CC(C)(Oc1cccc(N2CCN(C(=O)c3ccc(I)cc3)CC2)c1)C(=O)[O-]. The van der Waals surface area contributed by atoms with Gasteiger partial charge in [0, 0.05) is 47.1 Å². The second kappa shape index (κ2) is 8.38. The van der Waals surface area contributed by atoms with Crippen LogP contribution in [-0.4, -0.2) is 48.6 Å². The molecule has 1 aliphatic rings. The number of aliphatic carboxylic acids is 1. The summed E-state index contributed by atoms with van der Waals surface area (Å²) in [5, 5.41) is 11.2. The van der Waals surface area contributed by atoms with Crippen LogP contribution in [0.5, 0.6) is 5.75 Å². The van der Waals surface area contributed by atoms with Gasteiger partial charge < -0.3 is 24.4 Å². The number of carbonyl (C=O) groups excluding carboxylic acids is 2. The Morgan fingerprint density at radius 2 is 1.68 bits per heavy atom. The molecule has 7 heteroatoms. The average molecular weight is 493 g/mol. The highest BCUT2D eigenvalue weighted by Gasteiger charge is 2.24. The first-order valence-corrected chi connectivity index (χ1v) is 10.1. The topological polar surface area (TPSA) is 72.9 Å². The van der Waals surface area contributed by atoms with Crippen molar-refractivity contribution in [1.29, 1.82) is 0 Å². The third-order valence-corrected chi connectivity index (χ3v) is 5.42. The van der Waals surface area contributed by atoms with Gasteiger partial charge in [0.05, 0.1) is 5.97 Å². The number of rotatable bonds is 5. The minimum atomic E-state index is -1.41. The lowest BCUT2D eigenvalue weighted by Gasteiger charge is -2.36. The zero-order valence-electron chi connectivity index (χ0n) is 15.9. The summed E-state index contributed by atoms with van der Waals surface area (Å²) in [5.74, 6) is -0.742. The van der Waals surface area contributed by atoms with E-state index in [0.29, 0.717) is 37.5 Å². The molecule has 28 heavy (non-hydrogen) atoms. The molecule has 0 spiro atoms. The van der Waals surface area contributed by atoms with Crippen LogP contribution in [0.2, 0.25) is 0 Å². The lowest BCUT2D eigenvalue weighted by atomic mass is 10.1. The normalized spacial score (nSPS) is 14.7. The molecule has 0 bridgehead atoms. The van der Waals surface area contributed by atoms with Crippen molar-refractivity contribution in [2.75, 3.05) is 31.1 Å². The van der Waals surface area contributed by atoms with E-state index in [4.69, 9.17) is 4.74 Å². The van der Waals surface area contributed by atoms with Crippen molar-refractivity contribution in [3.63, 3.8) is 0 Å². The minimum Gasteiger partial charge on any atom is -0.546 e. The number of hydrogen-bond acceptors (Lipinski definition) is 5. The van der Waals surface area contributed by atoms with Crippen molar-refractivity contribution in [3.05, 3.63) is 57.7 Å². The fourth-order valence-corrected chi connectivity index (χ4v) is 3.38. The fourth-order valence-electron chi connectivity index (χ4n) is 3.02. The standard InChI is InChI=1S/C21H23IN2O4/c1-21(2,20(26)27)28-18-5-3-4-17(14-18)23-10-12-24(13-11-23)19(25)15-6-8-16(22)9-7-15/h3-9,14H,10-13H2,1-2H3,(H,26,27)/p-1. The first-order valence-electron chi connectivity index (χ1n) is 9.06. The number of carbonyl (C=O) groups is 2. The largest absolute Gasteiger partial charge is 0.546 e. The van der Waals surface area contributed by atoms with Gasteiger partial charge in [0.25, 0.3) is 5.91 Å². The van der Waals surface area contributed by atoms with Crippen molar-refractivity contribution < 1.29 is 19.4 Å². The Balaban J connectivity index is 1.63. The molecule has 6 nitrogen and oxygen atoms in total. The first-order chi connectivity index (χ1) is 13.3. The average Bonchev–Trinajstić information content (AvgIpc) is 2.68. The second-order valence-corrected chi connectivity index (χ2v) is 8.43. The summed E-state index contributed by atoms with van der Waals surface area (Å²) < 4.78 is 6.67. The van der Waals surface area contributed by atoms with Crippen LogP contribution in [0.4, 0.5) is 5.69 Å². The van der Waals surface area contributed by atoms with E-state index in [-0.39, 0.29) is 5.91 Å². The van der Waals surface area contributed by atoms with Crippen molar-refractivity contribution in [2.45, 2.75) is 19.4 Å². The molecule has 0 aliphatic carbocycles. The lowest BCUT2D eigenvalue weighted by Crippen LogP contribution is -2.49. The van der Waals surface area contributed by atoms with Gasteiger partial charge >= 0.3 is 0 Å². The molecule has 0 N–H and O–H groups in total. The van der Waals surface area contributed by atoms with Gasteiger partial charge in [-0.05, 0) is 72.8 Å². The van der Waals surface area contributed by atoms with Crippen LogP contribution < -0.4 is 14.7 Å². The van der Waals surface area contributed by atoms with E-state index < -0.39 is 11.6 Å². The second-order valence-electron chi connectivity index (χ2n) is 7.18. The zero-order chi connectivity index (χ0) is 20.3. The van der Waals surface area contributed by atoms with Gasteiger partial charge in [0.1, 0.15) is 11.4 Å². The molecule has 1 fully saturated rings. The molecule has 148 valence electrons. The maximum absolute atomic E-state index is 12.7. The number of nitrogens with zero attached hydrogens (tertiary/aromatic N) is 2. The van der Waals surface area contributed by atoms with Gasteiger partial charge in [-0.1, -0.05) is 6.07 Å². The van der Waals surface area contributed by atoms with Crippen molar-refractivity contribution in [1.82, 2.24) is 4.90 Å². The number of piperazine rings is 1. The maximum Gasteiger partial charge on any atom is 0.253 e. The Morgan fingerprint density at radius 1 is 1.04 bits per heavy atom. The molecule has 2 aromatic rings. The number of carboxylic acids is 1. The monoisotopic (exact) mass is 493 g/mol. The van der Waals surface area contributed by atoms with Gasteiger partial charge in [-0.25, -0.2) is 0 Å². The van der Waals surface area contributed by atoms with Gasteiger partial charge in [-0.15, -0.1) is 0 Å². The van der Waals surface area contributed by atoms with Crippen molar-refractivity contribution in [2.24, 2.45) is 0 Å². The Kier molecular flexibility index (Phi) is 6.12. The summed E-state index contributed by atoms with van der Waals surface area (Å²) in [6.45, 7) is 5.57. The minimum absolute atomic E-state index is 0.0452. The van der Waals surface area contributed by atoms with E-state index in [9.17, 15) is 14.7 Å². The molecular weight excluding hydrogens is 471 g/mol. The molecule has 1 amide bonds. The van der Waals surface area contributed by atoms with E-state index in [1.54, 1.807) is 6.07 Å². The van der Waals surface area contributed by atoms with Gasteiger partial charge in [-0.3, -0.25) is 4.79 Å². The maximum atomic E-state index is 12.7. The molecule has 1 heterocycles. The van der Waals surface area contributed by atoms with Crippen LogP contribution in [0.1, 0.15) is 24.2 Å². The van der Waals surface area contributed by atoms with Gasteiger partial charge in [0.15, 0.2) is 0 Å². The van der Waals surface area contributed by atoms with E-state index in [1.165, 1.54) is 13.8 Å². The third kappa shape index (κ3) is 4.76. The predicted octanol–water partition coefficient (Wildman–Crippen LogP) is 2.16. The van der Waals surface area contributed by atoms with E-state index in [0.717, 1.165) is 9.26 Å². The number of ether oxygens (including phenoxy) is 1. The molecule has 0 radical (unpaired) electrons. The summed E-state index contributed by atoms with van der Waals surface area (Å²) in [5.41, 5.74) is 0.235. The Morgan fingerprint density at radius 3 is 2.29 bits per heavy atom. The number of benzene rings is 2. The molecule has 1 saturated heterocycles. The van der Waals surface area contributed by atoms with Crippen LogP contribution >= 0.6 is 22.6 Å². The quantitative estimate of drug-likeness (QED) is 0.598. The molecule has 2 aromatic carbocycles. The van der Waals surface area contributed by atoms with Crippen LogP contribution in [0.25, 0.3) is 0 Å². The van der Waals surface area contributed by atoms with Crippen LogP contribution in [0, 0.1) is 3.57 Å². The van der Waals surface area contributed by atoms with Crippen LogP contribution in [0.3, 0.4) is 0 Å². The van der Waals surface area contributed by atoms with Gasteiger partial charge in [-0.2, -0.15) is 0 Å². The fraction of sp³-hybridized carbons (Fsp3) is 0.333. The van der Waals surface area contributed by atoms with Crippen LogP contribution in [0.15, 0.2) is 48.5 Å². The Labute approximate surface area is 178 Å². The Bertz CT molecular complexity index is 859. The first kappa shape index (κ1) is 20.4. The van der Waals surface area contributed by atoms with E-state index in [1.807, 2.05) is 47.4 Å². The number of anilines is 1. The lowest BCUT2D eigenvalue weighted by molar-refractivity contribution is -0.320. The number of hydrogen-bond donors (Lipinski definition) is 0. The third-order valence-electron chi connectivity index (χ3n) is 4.71. The van der Waals surface area contributed by atoms with E-state index in [2.05, 4.69) is 27.5 Å². The van der Waals surface area contributed by atoms with Crippen molar-refractivity contribution in [3.8, 4) is 5.75 Å². The zero-order valence-corrected chi connectivity index (χ0v) is 18.0. The van der Waals surface area contributed by atoms with Gasteiger partial charge in [0.2, 0.25) is 0 Å². The Hall–Kier alpha value is -2.29. The molecule has 1 aliphatic heterocycles. The summed E-state index contributed by atoms with van der Waals surface area (Å²) >= 11 is 2.22. The molecule has 3 rings (SSSR count). The number of carboxylic acid groups (broad SMARTS) is 1. The molecule has 0 unspecified atom stereocenters. The summed E-state index contributed by atoms with van der Waals surface area (Å²) in [6.07, 6.45) is 0. The summed E-state index contributed by atoms with van der Waals surface area (Å²) in [6, 6.07) is 14.9.